The molecule has 0 radical (unpaired) electrons. The highest BCUT2D eigenvalue weighted by atomic mass is 35.5. The lowest BCUT2D eigenvalue weighted by molar-refractivity contribution is 0.292. The predicted octanol–water partition coefficient (Wildman–Crippen LogP) is 4.31. The van der Waals surface area contributed by atoms with Crippen molar-refractivity contribution in [3.8, 4) is 11.4 Å². The number of nitrogens with zero attached hydrogens (tertiary/aromatic N) is 6. The third-order valence-electron chi connectivity index (χ3n) is 4.77. The van der Waals surface area contributed by atoms with E-state index < -0.39 is 0 Å². The number of rotatable bonds is 4. The Hall–Kier alpha value is -3.45. The third kappa shape index (κ3) is 3.09. The highest BCUT2D eigenvalue weighted by molar-refractivity contribution is 6.30. The quantitative estimate of drug-likeness (QED) is 0.446. The second-order valence-electron chi connectivity index (χ2n) is 6.82. The Morgan fingerprint density at radius 2 is 1.76 bits per heavy atom. The van der Waals surface area contributed by atoms with Gasteiger partial charge in [0.15, 0.2) is 17.1 Å². The van der Waals surface area contributed by atoms with Crippen LogP contribution < -0.4 is 4.74 Å². The van der Waals surface area contributed by atoms with Crippen molar-refractivity contribution in [1.29, 1.82) is 0 Å². The third-order valence-corrected chi connectivity index (χ3v) is 5.03. The van der Waals surface area contributed by atoms with Gasteiger partial charge in [0, 0.05) is 5.02 Å². The molecule has 0 atom stereocenters. The van der Waals surface area contributed by atoms with Gasteiger partial charge in [0.1, 0.15) is 18.7 Å². The molecule has 0 aliphatic heterocycles. The van der Waals surface area contributed by atoms with Crippen molar-refractivity contribution in [2.24, 2.45) is 0 Å². The molecule has 0 unspecified atom stereocenters. The first-order valence-corrected chi connectivity index (χ1v) is 9.51. The number of hydrogen-bond acceptors (Lipinski definition) is 5. The second kappa shape index (κ2) is 6.86. The van der Waals surface area contributed by atoms with Crippen molar-refractivity contribution < 1.29 is 4.74 Å². The van der Waals surface area contributed by atoms with Crippen molar-refractivity contribution in [3.63, 3.8) is 0 Å². The van der Waals surface area contributed by atoms with E-state index in [2.05, 4.69) is 20.2 Å². The van der Waals surface area contributed by atoms with E-state index >= 15 is 0 Å². The zero-order valence-corrected chi connectivity index (χ0v) is 16.6. The van der Waals surface area contributed by atoms with Crippen LogP contribution in [0.25, 0.3) is 22.4 Å². The van der Waals surface area contributed by atoms with Gasteiger partial charge in [-0.05, 0) is 49.2 Å². The molecule has 3 aromatic heterocycles. The van der Waals surface area contributed by atoms with Crippen molar-refractivity contribution in [3.05, 3.63) is 77.0 Å². The lowest BCUT2D eigenvalue weighted by Crippen LogP contribution is -2.01. The van der Waals surface area contributed by atoms with Crippen LogP contribution in [0, 0.1) is 13.8 Å². The van der Waals surface area contributed by atoms with E-state index in [0.29, 0.717) is 22.1 Å². The Morgan fingerprint density at radius 1 is 1.00 bits per heavy atom. The highest BCUT2D eigenvalue weighted by Gasteiger charge is 2.14. The number of aromatic nitrogens is 6. The predicted molar refractivity (Wildman–Crippen MR) is 111 cm³/mol. The molecule has 5 rings (SSSR count). The fourth-order valence-electron chi connectivity index (χ4n) is 3.36. The summed E-state index contributed by atoms with van der Waals surface area (Å²) in [4.78, 5) is 9.16. The molecule has 8 heteroatoms. The standard InChI is InChI=1S/C21H17ClN6O/c1-13-4-3-5-14(2)19(13)29-11-18-25-21-17-10-24-28(16-8-6-15(22)7-9-16)20(17)23-12-27(21)26-18/h3-10,12H,11H2,1-2H3. The van der Waals surface area contributed by atoms with Gasteiger partial charge < -0.3 is 4.74 Å². The molecule has 0 N–H and O–H groups in total. The molecule has 0 amide bonds. The normalized spacial score (nSPS) is 11.4. The molecular weight excluding hydrogens is 388 g/mol. The smallest absolute Gasteiger partial charge is 0.189 e. The van der Waals surface area contributed by atoms with Crippen LogP contribution in [0.5, 0.6) is 5.75 Å². The van der Waals surface area contributed by atoms with Crippen LogP contribution in [0.2, 0.25) is 5.02 Å². The van der Waals surface area contributed by atoms with Crippen LogP contribution in [0.1, 0.15) is 17.0 Å². The average molecular weight is 405 g/mol. The molecule has 144 valence electrons. The number of aryl methyl sites for hydroxylation is 2. The maximum atomic E-state index is 5.99. The van der Waals surface area contributed by atoms with Crippen molar-refractivity contribution in [1.82, 2.24) is 29.4 Å². The minimum absolute atomic E-state index is 0.278. The summed E-state index contributed by atoms with van der Waals surface area (Å²) in [6.45, 7) is 4.33. The number of para-hydroxylation sites is 1. The molecule has 0 spiro atoms. The minimum Gasteiger partial charge on any atom is -0.485 e. The molecule has 5 aromatic rings. The molecule has 0 bridgehead atoms. The molecular formula is C21H17ClN6O. The Kier molecular flexibility index (Phi) is 4.17. The first-order valence-electron chi connectivity index (χ1n) is 9.13. The zero-order chi connectivity index (χ0) is 20.0. The van der Waals surface area contributed by atoms with Crippen LogP contribution in [0.4, 0.5) is 0 Å². The average Bonchev–Trinajstić information content (AvgIpc) is 3.31. The fraction of sp³-hybridized carbons (Fsp3) is 0.143. The Bertz CT molecular complexity index is 1320. The van der Waals surface area contributed by atoms with E-state index in [1.807, 2.05) is 56.3 Å². The first-order chi connectivity index (χ1) is 14.1. The topological polar surface area (TPSA) is 70.1 Å². The summed E-state index contributed by atoms with van der Waals surface area (Å²) in [5.74, 6) is 1.45. The monoisotopic (exact) mass is 404 g/mol. The summed E-state index contributed by atoms with van der Waals surface area (Å²) in [5, 5.41) is 10.5. The summed E-state index contributed by atoms with van der Waals surface area (Å²) in [6.07, 6.45) is 3.39. The van der Waals surface area contributed by atoms with Crippen molar-refractivity contribution in [2.45, 2.75) is 20.5 Å². The van der Waals surface area contributed by atoms with Crippen LogP contribution in [0.3, 0.4) is 0 Å². The molecule has 7 nitrogen and oxygen atoms in total. The van der Waals surface area contributed by atoms with E-state index in [1.54, 1.807) is 21.7 Å². The van der Waals surface area contributed by atoms with E-state index in [-0.39, 0.29) is 6.61 Å². The summed E-state index contributed by atoms with van der Waals surface area (Å²) in [6, 6.07) is 13.5. The lowest BCUT2D eigenvalue weighted by Gasteiger charge is -2.09. The van der Waals surface area contributed by atoms with Gasteiger partial charge in [0.25, 0.3) is 0 Å². The fourth-order valence-corrected chi connectivity index (χ4v) is 3.49. The molecule has 0 aliphatic rings. The summed E-state index contributed by atoms with van der Waals surface area (Å²) < 4.78 is 9.40. The number of fused-ring (bicyclic) bond motifs is 3. The van der Waals surface area contributed by atoms with Crippen molar-refractivity contribution in [2.75, 3.05) is 0 Å². The SMILES string of the molecule is Cc1cccc(C)c1OCc1nc2c3cnn(-c4ccc(Cl)cc4)c3ncn2n1. The van der Waals surface area contributed by atoms with E-state index in [9.17, 15) is 0 Å². The maximum Gasteiger partial charge on any atom is 0.189 e. The summed E-state index contributed by atoms with van der Waals surface area (Å²) >= 11 is 5.99. The highest BCUT2D eigenvalue weighted by Crippen LogP contribution is 2.24. The van der Waals surface area contributed by atoms with Gasteiger partial charge in [0.2, 0.25) is 0 Å². The van der Waals surface area contributed by atoms with Crippen LogP contribution in [-0.4, -0.2) is 29.4 Å². The van der Waals surface area contributed by atoms with Gasteiger partial charge in [-0.25, -0.2) is 19.2 Å². The summed E-state index contributed by atoms with van der Waals surface area (Å²) in [7, 11) is 0. The Balaban J connectivity index is 1.50. The van der Waals surface area contributed by atoms with E-state index in [4.69, 9.17) is 16.3 Å². The van der Waals surface area contributed by atoms with Gasteiger partial charge in [-0.15, -0.1) is 5.10 Å². The number of benzene rings is 2. The molecule has 0 saturated heterocycles. The van der Waals surface area contributed by atoms with Gasteiger partial charge in [-0.1, -0.05) is 29.8 Å². The maximum absolute atomic E-state index is 5.99. The minimum atomic E-state index is 0.278. The Labute approximate surface area is 171 Å². The van der Waals surface area contributed by atoms with Gasteiger partial charge >= 0.3 is 0 Å². The van der Waals surface area contributed by atoms with Crippen LogP contribution >= 0.6 is 11.6 Å². The second-order valence-corrected chi connectivity index (χ2v) is 7.26. The van der Waals surface area contributed by atoms with Crippen LogP contribution in [-0.2, 0) is 6.61 Å². The van der Waals surface area contributed by atoms with E-state index in [0.717, 1.165) is 28.0 Å². The van der Waals surface area contributed by atoms with Crippen LogP contribution in [0.15, 0.2) is 55.0 Å². The molecule has 3 heterocycles. The lowest BCUT2D eigenvalue weighted by atomic mass is 10.1. The number of halogens is 1. The zero-order valence-electron chi connectivity index (χ0n) is 15.9. The number of hydrogen-bond donors (Lipinski definition) is 0. The first kappa shape index (κ1) is 17.6. The van der Waals surface area contributed by atoms with Gasteiger partial charge in [-0.2, -0.15) is 5.10 Å². The molecule has 29 heavy (non-hydrogen) atoms. The van der Waals surface area contributed by atoms with Gasteiger partial charge in [-0.3, -0.25) is 0 Å². The van der Waals surface area contributed by atoms with Crippen molar-refractivity contribution >= 4 is 28.3 Å². The van der Waals surface area contributed by atoms with E-state index in [1.165, 1.54) is 0 Å². The molecule has 0 aliphatic carbocycles. The Morgan fingerprint density at radius 3 is 2.52 bits per heavy atom. The number of ether oxygens (including phenoxy) is 1. The summed E-state index contributed by atoms with van der Waals surface area (Å²) in [5.41, 5.74) is 4.44. The molecule has 2 aromatic carbocycles. The molecule has 0 fully saturated rings. The largest absolute Gasteiger partial charge is 0.485 e. The molecule has 0 saturated carbocycles. The van der Waals surface area contributed by atoms with Gasteiger partial charge in [0.05, 0.1) is 17.3 Å².